The minimum Gasteiger partial charge on any atom is -0.490 e. The maximum Gasteiger partial charge on any atom is 0.248 e. The molecule has 7 heteroatoms. The number of benzene rings is 4. The molecular weight excluding hydrogens is 548 g/mol. The number of piperazine rings is 1. The van der Waals surface area contributed by atoms with E-state index in [-0.39, 0.29) is 12.6 Å². The number of ether oxygens (including phenoxy) is 1. The molecule has 1 aromatic heterocycles. The summed E-state index contributed by atoms with van der Waals surface area (Å²) in [4.78, 5) is 4.87. The summed E-state index contributed by atoms with van der Waals surface area (Å²) in [5, 5.41) is 19.2. The highest BCUT2D eigenvalue weighted by molar-refractivity contribution is 5.70. The molecule has 1 aliphatic rings. The highest BCUT2D eigenvalue weighted by Gasteiger charge is 2.27. The smallest absolute Gasteiger partial charge is 0.248 e. The van der Waals surface area contributed by atoms with Gasteiger partial charge in [0.1, 0.15) is 18.5 Å². The lowest BCUT2D eigenvalue weighted by Crippen LogP contribution is -2.50. The molecule has 224 valence electrons. The van der Waals surface area contributed by atoms with Crippen molar-refractivity contribution in [3.05, 3.63) is 137 Å². The monoisotopic (exact) mass is 586 g/mol. The van der Waals surface area contributed by atoms with Crippen LogP contribution in [0.25, 0.3) is 23.6 Å². The highest BCUT2D eigenvalue weighted by atomic mass is 16.5. The van der Waals surface area contributed by atoms with E-state index in [1.165, 1.54) is 16.7 Å². The van der Waals surface area contributed by atoms with Crippen molar-refractivity contribution in [2.45, 2.75) is 19.1 Å². The molecule has 0 spiro atoms. The number of hydrogen-bond donors (Lipinski definition) is 1. The number of nitrogens with zero attached hydrogens (tertiary/aromatic N) is 4. The third-order valence-corrected chi connectivity index (χ3v) is 7.97. The first-order valence-electron chi connectivity index (χ1n) is 15.2. The van der Waals surface area contributed by atoms with Gasteiger partial charge in [-0.2, -0.15) is 0 Å². The largest absolute Gasteiger partial charge is 0.490 e. The molecule has 6 rings (SSSR count). The van der Waals surface area contributed by atoms with Crippen LogP contribution in [0.1, 0.15) is 34.2 Å². The molecule has 1 saturated heterocycles. The van der Waals surface area contributed by atoms with Gasteiger partial charge in [-0.25, -0.2) is 0 Å². The van der Waals surface area contributed by atoms with Crippen LogP contribution in [-0.4, -0.2) is 70.5 Å². The number of rotatable bonds is 11. The van der Waals surface area contributed by atoms with E-state index in [1.54, 1.807) is 6.08 Å². The van der Waals surface area contributed by atoms with Crippen LogP contribution in [0, 0.1) is 6.92 Å². The van der Waals surface area contributed by atoms with E-state index in [2.05, 4.69) is 80.7 Å². The fraction of sp³-hybridized carbons (Fsp3) is 0.243. The Morgan fingerprint density at radius 1 is 0.773 bits per heavy atom. The van der Waals surface area contributed by atoms with E-state index in [0.717, 1.165) is 37.3 Å². The SMILES string of the molecule is Cc1ccc(-c2nnc(C=Cc3ccccc3OCC(O)CN3CCN(C(c4ccccc4)c4ccccc4)CC3)o2)cc1. The van der Waals surface area contributed by atoms with Crippen LogP contribution in [-0.2, 0) is 0 Å². The predicted octanol–water partition coefficient (Wildman–Crippen LogP) is 6.36. The molecule has 1 atom stereocenters. The third-order valence-electron chi connectivity index (χ3n) is 7.97. The van der Waals surface area contributed by atoms with Gasteiger partial charge >= 0.3 is 0 Å². The molecule has 2 heterocycles. The Kier molecular flexibility index (Phi) is 9.57. The molecule has 1 N–H and O–H groups in total. The van der Waals surface area contributed by atoms with Crippen LogP contribution in [0.15, 0.2) is 114 Å². The Balaban J connectivity index is 1.02. The second kappa shape index (κ2) is 14.3. The molecule has 0 radical (unpaired) electrons. The molecule has 7 nitrogen and oxygen atoms in total. The maximum atomic E-state index is 10.9. The van der Waals surface area contributed by atoms with E-state index >= 15 is 0 Å². The van der Waals surface area contributed by atoms with Crippen molar-refractivity contribution in [2.24, 2.45) is 0 Å². The lowest BCUT2D eigenvalue weighted by atomic mass is 9.96. The van der Waals surface area contributed by atoms with Gasteiger partial charge in [-0.05, 0) is 42.3 Å². The summed E-state index contributed by atoms with van der Waals surface area (Å²) in [6.45, 7) is 6.45. The molecule has 0 bridgehead atoms. The summed E-state index contributed by atoms with van der Waals surface area (Å²) in [6.07, 6.45) is 3.06. The minimum atomic E-state index is -0.606. The van der Waals surface area contributed by atoms with Gasteiger partial charge in [0.15, 0.2) is 0 Å². The second-order valence-corrected chi connectivity index (χ2v) is 11.2. The Morgan fingerprint density at radius 2 is 1.41 bits per heavy atom. The number of aliphatic hydroxyl groups excluding tert-OH is 1. The summed E-state index contributed by atoms with van der Waals surface area (Å²) in [5.41, 5.74) is 5.54. The topological polar surface area (TPSA) is 74.9 Å². The van der Waals surface area contributed by atoms with Crippen LogP contribution in [0.3, 0.4) is 0 Å². The van der Waals surface area contributed by atoms with Crippen molar-refractivity contribution in [1.29, 1.82) is 0 Å². The van der Waals surface area contributed by atoms with E-state index in [0.29, 0.717) is 24.1 Å². The molecule has 1 unspecified atom stereocenters. The number of aliphatic hydroxyl groups is 1. The number of β-amino-alcohol motifs (C(OH)–C–C–N with tert-alkyl or cyclic N) is 1. The van der Waals surface area contributed by atoms with Gasteiger partial charge in [0, 0.05) is 49.9 Å². The molecule has 0 aliphatic carbocycles. The van der Waals surface area contributed by atoms with Crippen molar-refractivity contribution in [3.63, 3.8) is 0 Å². The number of aryl methyl sites for hydroxylation is 1. The first kappa shape index (κ1) is 29.5. The molecule has 5 aromatic rings. The van der Waals surface area contributed by atoms with Crippen LogP contribution in [0.4, 0.5) is 0 Å². The zero-order valence-corrected chi connectivity index (χ0v) is 25.0. The summed E-state index contributed by atoms with van der Waals surface area (Å²) in [7, 11) is 0. The van der Waals surface area contributed by atoms with Crippen LogP contribution in [0.2, 0.25) is 0 Å². The standard InChI is InChI=1S/C37H38N4O3/c1-28-16-18-32(19-17-28)37-39-38-35(44-37)21-20-29-10-8-9-15-34(29)43-27-33(42)26-40-22-24-41(25-23-40)36(30-11-4-2-5-12-30)31-13-6-3-7-14-31/h2-21,33,36,42H,22-27H2,1H3. The molecule has 0 amide bonds. The average Bonchev–Trinajstić information content (AvgIpc) is 3.55. The van der Waals surface area contributed by atoms with Gasteiger partial charge < -0.3 is 14.3 Å². The quantitative estimate of drug-likeness (QED) is 0.193. The Morgan fingerprint density at radius 3 is 2.09 bits per heavy atom. The van der Waals surface area contributed by atoms with Crippen LogP contribution in [0.5, 0.6) is 5.75 Å². The highest BCUT2D eigenvalue weighted by Crippen LogP contribution is 2.29. The first-order valence-corrected chi connectivity index (χ1v) is 15.2. The van der Waals surface area contributed by atoms with Gasteiger partial charge in [-0.1, -0.05) is 96.6 Å². The fourth-order valence-corrected chi connectivity index (χ4v) is 5.65. The molecule has 4 aromatic carbocycles. The van der Waals surface area contributed by atoms with Crippen molar-refractivity contribution < 1.29 is 14.3 Å². The van der Waals surface area contributed by atoms with Crippen molar-refractivity contribution in [2.75, 3.05) is 39.3 Å². The van der Waals surface area contributed by atoms with Crippen molar-refractivity contribution in [3.8, 4) is 17.2 Å². The number of hydrogen-bond acceptors (Lipinski definition) is 7. The lowest BCUT2D eigenvalue weighted by Gasteiger charge is -2.40. The second-order valence-electron chi connectivity index (χ2n) is 11.2. The number of para-hydroxylation sites is 1. The Bertz CT molecular complexity index is 1590. The molecular formula is C37H38N4O3. The molecule has 1 aliphatic heterocycles. The van der Waals surface area contributed by atoms with Gasteiger partial charge in [-0.15, -0.1) is 10.2 Å². The van der Waals surface area contributed by atoms with Gasteiger partial charge in [0.05, 0.1) is 6.04 Å². The number of aromatic nitrogens is 2. The normalized spacial score (nSPS) is 15.2. The van der Waals surface area contributed by atoms with Gasteiger partial charge in [-0.3, -0.25) is 9.80 Å². The Hall–Kier alpha value is -4.56. The summed E-state index contributed by atoms with van der Waals surface area (Å²) in [5.74, 6) is 1.59. The van der Waals surface area contributed by atoms with E-state index in [4.69, 9.17) is 9.15 Å². The zero-order chi connectivity index (χ0) is 30.1. The van der Waals surface area contributed by atoms with Crippen molar-refractivity contribution in [1.82, 2.24) is 20.0 Å². The van der Waals surface area contributed by atoms with E-state index in [1.807, 2.05) is 61.5 Å². The lowest BCUT2D eigenvalue weighted by molar-refractivity contribution is 0.0400. The average molecular weight is 587 g/mol. The van der Waals surface area contributed by atoms with Crippen LogP contribution >= 0.6 is 0 Å². The minimum absolute atomic E-state index is 0.208. The molecule has 1 fully saturated rings. The predicted molar refractivity (Wildman–Crippen MR) is 174 cm³/mol. The molecule has 0 saturated carbocycles. The van der Waals surface area contributed by atoms with Gasteiger partial charge in [0.2, 0.25) is 11.8 Å². The van der Waals surface area contributed by atoms with Gasteiger partial charge in [0.25, 0.3) is 0 Å². The third kappa shape index (κ3) is 7.50. The summed E-state index contributed by atoms with van der Waals surface area (Å²) >= 11 is 0. The Labute approximate surface area is 259 Å². The first-order chi connectivity index (χ1) is 21.6. The van der Waals surface area contributed by atoms with E-state index < -0.39 is 6.10 Å². The summed E-state index contributed by atoms with van der Waals surface area (Å²) in [6, 6.07) is 37.4. The zero-order valence-electron chi connectivity index (χ0n) is 25.0. The maximum absolute atomic E-state index is 10.9. The van der Waals surface area contributed by atoms with Crippen molar-refractivity contribution >= 4 is 12.2 Å². The summed E-state index contributed by atoms with van der Waals surface area (Å²) < 4.78 is 11.9. The fourth-order valence-electron chi connectivity index (χ4n) is 5.65. The van der Waals surface area contributed by atoms with E-state index in [9.17, 15) is 5.11 Å². The van der Waals surface area contributed by atoms with Crippen LogP contribution < -0.4 is 4.74 Å². The molecule has 44 heavy (non-hydrogen) atoms.